The first kappa shape index (κ1) is 12.9. The maximum Gasteiger partial charge on any atom is 0.101 e. The lowest BCUT2D eigenvalue weighted by molar-refractivity contribution is 0.199. The highest BCUT2D eigenvalue weighted by atomic mass is 15.3. The molecule has 0 spiro atoms. The number of hydrogen-bond donors (Lipinski definition) is 0. The van der Waals surface area contributed by atoms with Crippen molar-refractivity contribution in [1.29, 1.82) is 5.26 Å². The second-order valence-electron chi connectivity index (χ2n) is 5.06. The molecule has 3 heteroatoms. The highest BCUT2D eigenvalue weighted by molar-refractivity contribution is 5.61. The average Bonchev–Trinajstić information content (AvgIpc) is 2.38. The van der Waals surface area contributed by atoms with Gasteiger partial charge in [-0.25, -0.2) is 0 Å². The Morgan fingerprint density at radius 1 is 1.39 bits per heavy atom. The Morgan fingerprint density at radius 2 is 2.17 bits per heavy atom. The molecule has 1 heterocycles. The van der Waals surface area contributed by atoms with Crippen molar-refractivity contribution in [3.63, 3.8) is 0 Å². The Hall–Kier alpha value is -1.53. The summed E-state index contributed by atoms with van der Waals surface area (Å²) in [5.74, 6) is 0. The zero-order valence-electron chi connectivity index (χ0n) is 11.5. The molecule has 1 aliphatic heterocycles. The summed E-state index contributed by atoms with van der Waals surface area (Å²) in [5, 5.41) is 9.22. The molecule has 1 aromatic carbocycles. The highest BCUT2D eigenvalue weighted by Crippen LogP contribution is 2.24. The molecule has 0 saturated carbocycles. The maximum absolute atomic E-state index is 9.22. The van der Waals surface area contributed by atoms with Crippen molar-refractivity contribution in [2.45, 2.75) is 26.8 Å². The average molecular weight is 243 g/mol. The third-order valence-corrected chi connectivity index (χ3v) is 3.79. The van der Waals surface area contributed by atoms with Gasteiger partial charge in [0.05, 0.1) is 11.3 Å². The van der Waals surface area contributed by atoms with Crippen LogP contribution in [0.4, 0.5) is 5.69 Å². The summed E-state index contributed by atoms with van der Waals surface area (Å²) < 4.78 is 0. The van der Waals surface area contributed by atoms with Gasteiger partial charge in [0.15, 0.2) is 0 Å². The Bertz CT molecular complexity index is 461. The second kappa shape index (κ2) is 5.41. The Kier molecular flexibility index (Phi) is 3.88. The third-order valence-electron chi connectivity index (χ3n) is 3.79. The van der Waals surface area contributed by atoms with Gasteiger partial charge in [0.1, 0.15) is 6.07 Å². The predicted molar refractivity (Wildman–Crippen MR) is 74.8 cm³/mol. The number of aryl methyl sites for hydroxylation is 1. The lowest BCUT2D eigenvalue weighted by Gasteiger charge is -2.40. The van der Waals surface area contributed by atoms with Gasteiger partial charge in [0.2, 0.25) is 0 Å². The number of likely N-dealkylation sites (N-methyl/N-ethyl adjacent to an activating group) is 1. The number of nitrogens with zero attached hydrogens (tertiary/aromatic N) is 3. The van der Waals surface area contributed by atoms with Crippen molar-refractivity contribution < 1.29 is 0 Å². The molecule has 2 rings (SSSR count). The summed E-state index contributed by atoms with van der Waals surface area (Å²) in [7, 11) is 0. The van der Waals surface area contributed by atoms with Crippen LogP contribution in [-0.2, 0) is 0 Å². The van der Waals surface area contributed by atoms with E-state index in [1.165, 1.54) is 5.56 Å². The van der Waals surface area contributed by atoms with E-state index < -0.39 is 0 Å². The first-order valence-electron chi connectivity index (χ1n) is 6.65. The molecule has 1 saturated heterocycles. The van der Waals surface area contributed by atoms with Gasteiger partial charge in [-0.05, 0) is 38.1 Å². The second-order valence-corrected chi connectivity index (χ2v) is 5.06. The smallest absolute Gasteiger partial charge is 0.101 e. The molecule has 0 N–H and O–H groups in total. The first-order chi connectivity index (χ1) is 8.65. The summed E-state index contributed by atoms with van der Waals surface area (Å²) in [5.41, 5.74) is 3.10. The fourth-order valence-corrected chi connectivity index (χ4v) is 2.68. The molecule has 1 fully saturated rings. The topological polar surface area (TPSA) is 30.3 Å². The fraction of sp³-hybridized carbons (Fsp3) is 0.533. The van der Waals surface area contributed by atoms with Crippen molar-refractivity contribution in [1.82, 2.24) is 4.90 Å². The zero-order chi connectivity index (χ0) is 13.1. The quantitative estimate of drug-likeness (QED) is 0.799. The van der Waals surface area contributed by atoms with Crippen LogP contribution in [0.3, 0.4) is 0 Å². The summed E-state index contributed by atoms with van der Waals surface area (Å²) in [6, 6.07) is 8.93. The number of rotatable bonds is 2. The van der Waals surface area contributed by atoms with Crippen molar-refractivity contribution in [2.24, 2.45) is 0 Å². The van der Waals surface area contributed by atoms with Crippen LogP contribution < -0.4 is 4.90 Å². The summed E-state index contributed by atoms with van der Waals surface area (Å²) in [4.78, 5) is 4.83. The monoisotopic (exact) mass is 243 g/mol. The maximum atomic E-state index is 9.22. The molecule has 3 nitrogen and oxygen atoms in total. The van der Waals surface area contributed by atoms with Gasteiger partial charge in [-0.2, -0.15) is 5.26 Å². The van der Waals surface area contributed by atoms with Crippen molar-refractivity contribution in [2.75, 3.05) is 31.1 Å². The van der Waals surface area contributed by atoms with Crippen LogP contribution in [0.15, 0.2) is 18.2 Å². The van der Waals surface area contributed by atoms with E-state index in [0.717, 1.165) is 37.4 Å². The molecule has 0 aromatic heterocycles. The summed E-state index contributed by atoms with van der Waals surface area (Å²) in [6.45, 7) is 10.8. The van der Waals surface area contributed by atoms with Gasteiger partial charge in [0.25, 0.3) is 0 Å². The lowest BCUT2D eigenvalue weighted by Crippen LogP contribution is -2.51. The molecular weight excluding hydrogens is 222 g/mol. The number of benzene rings is 1. The summed E-state index contributed by atoms with van der Waals surface area (Å²) in [6.07, 6.45) is 0. The molecule has 0 bridgehead atoms. The van der Waals surface area contributed by atoms with Crippen molar-refractivity contribution in [3.8, 4) is 6.07 Å². The summed E-state index contributed by atoms with van der Waals surface area (Å²) >= 11 is 0. The molecule has 1 atom stereocenters. The Morgan fingerprint density at radius 3 is 2.78 bits per heavy atom. The third kappa shape index (κ3) is 2.49. The lowest BCUT2D eigenvalue weighted by atomic mass is 10.1. The van der Waals surface area contributed by atoms with Crippen LogP contribution >= 0.6 is 0 Å². The van der Waals surface area contributed by atoms with Crippen LogP contribution in [0.25, 0.3) is 0 Å². The van der Waals surface area contributed by atoms with E-state index in [-0.39, 0.29) is 0 Å². The Balaban J connectivity index is 2.23. The van der Waals surface area contributed by atoms with Crippen LogP contribution in [-0.4, -0.2) is 37.1 Å². The van der Waals surface area contributed by atoms with Gasteiger partial charge in [0, 0.05) is 25.7 Å². The minimum atomic E-state index is 0.552. The first-order valence-corrected chi connectivity index (χ1v) is 6.65. The van der Waals surface area contributed by atoms with E-state index in [9.17, 15) is 5.26 Å². The molecular formula is C15H21N3. The molecule has 0 radical (unpaired) electrons. The van der Waals surface area contributed by atoms with Crippen molar-refractivity contribution >= 4 is 5.69 Å². The van der Waals surface area contributed by atoms with Gasteiger partial charge in [-0.1, -0.05) is 13.0 Å². The predicted octanol–water partition coefficient (Wildman–Crippen LogP) is 2.40. The van der Waals surface area contributed by atoms with E-state index in [1.54, 1.807) is 0 Å². The van der Waals surface area contributed by atoms with Gasteiger partial charge in [-0.15, -0.1) is 0 Å². The Labute approximate surface area is 110 Å². The number of anilines is 1. The van der Waals surface area contributed by atoms with E-state index in [4.69, 9.17) is 0 Å². The van der Waals surface area contributed by atoms with Gasteiger partial charge < -0.3 is 4.90 Å². The minimum Gasteiger partial charge on any atom is -0.368 e. The van der Waals surface area contributed by atoms with Crippen LogP contribution in [0.2, 0.25) is 0 Å². The number of piperazine rings is 1. The molecule has 1 aromatic rings. The normalized spacial score (nSPS) is 20.8. The standard InChI is InChI=1S/C15H21N3/c1-4-17-7-8-18(11-13(17)3)15-9-12(2)5-6-14(15)10-16/h5-6,9,13H,4,7-8,11H2,1-3H3. The molecule has 96 valence electrons. The van der Waals surface area contributed by atoms with E-state index in [2.05, 4.69) is 42.7 Å². The van der Waals surface area contributed by atoms with Gasteiger partial charge >= 0.3 is 0 Å². The SMILES string of the molecule is CCN1CCN(c2cc(C)ccc2C#N)CC1C. The molecule has 1 aliphatic rings. The fourth-order valence-electron chi connectivity index (χ4n) is 2.68. The number of hydrogen-bond acceptors (Lipinski definition) is 3. The molecule has 18 heavy (non-hydrogen) atoms. The number of nitriles is 1. The van der Waals surface area contributed by atoms with Crippen LogP contribution in [0.1, 0.15) is 25.0 Å². The highest BCUT2D eigenvalue weighted by Gasteiger charge is 2.23. The van der Waals surface area contributed by atoms with E-state index in [1.807, 2.05) is 12.1 Å². The van der Waals surface area contributed by atoms with Crippen molar-refractivity contribution in [3.05, 3.63) is 29.3 Å². The van der Waals surface area contributed by atoms with E-state index >= 15 is 0 Å². The molecule has 0 amide bonds. The van der Waals surface area contributed by atoms with Crippen LogP contribution in [0.5, 0.6) is 0 Å². The molecule has 0 aliphatic carbocycles. The van der Waals surface area contributed by atoms with Gasteiger partial charge in [-0.3, -0.25) is 4.90 Å². The van der Waals surface area contributed by atoms with E-state index in [0.29, 0.717) is 6.04 Å². The largest absolute Gasteiger partial charge is 0.368 e. The van der Waals surface area contributed by atoms with Crippen LogP contribution in [0, 0.1) is 18.3 Å². The minimum absolute atomic E-state index is 0.552. The molecule has 1 unspecified atom stereocenters. The zero-order valence-corrected chi connectivity index (χ0v) is 11.5.